The van der Waals surface area contributed by atoms with Crippen LogP contribution in [0.5, 0.6) is 0 Å². The Kier molecular flexibility index (Phi) is 7.38. The van der Waals surface area contributed by atoms with E-state index >= 15 is 0 Å². The summed E-state index contributed by atoms with van der Waals surface area (Å²) in [6.45, 7) is 5.48. The van der Waals surface area contributed by atoms with E-state index < -0.39 is 10.0 Å². The molecule has 0 radical (unpaired) electrons. The molecular weight excluding hydrogens is 366 g/mol. The van der Waals surface area contributed by atoms with Crippen molar-refractivity contribution in [2.24, 2.45) is 5.92 Å². The average molecular weight is 396 g/mol. The Hall–Kier alpha value is -1.93. The first-order valence-electron chi connectivity index (χ1n) is 9.29. The first kappa shape index (κ1) is 21.4. The molecule has 27 heavy (non-hydrogen) atoms. The van der Waals surface area contributed by atoms with E-state index in [0.717, 1.165) is 24.7 Å². The molecule has 0 aromatic heterocycles. The number of carbonyl (C=O) groups is 2. The van der Waals surface area contributed by atoms with Gasteiger partial charge in [0.1, 0.15) is 0 Å². The summed E-state index contributed by atoms with van der Waals surface area (Å²) >= 11 is 0. The summed E-state index contributed by atoms with van der Waals surface area (Å²) in [6.07, 6.45) is 3.22. The molecule has 8 heteroatoms. The van der Waals surface area contributed by atoms with Crippen molar-refractivity contribution in [2.45, 2.75) is 39.2 Å². The van der Waals surface area contributed by atoms with Gasteiger partial charge in [0.15, 0.2) is 0 Å². The molecule has 2 rings (SSSR count). The van der Waals surface area contributed by atoms with Gasteiger partial charge in [0, 0.05) is 37.2 Å². The van der Waals surface area contributed by atoms with E-state index in [1.165, 1.54) is 0 Å². The molecule has 1 aromatic carbocycles. The van der Waals surface area contributed by atoms with Crippen molar-refractivity contribution in [1.82, 2.24) is 14.9 Å². The van der Waals surface area contributed by atoms with Gasteiger partial charge in [-0.05, 0) is 37.0 Å². The quantitative estimate of drug-likeness (QED) is 0.724. The van der Waals surface area contributed by atoms with E-state index in [1.807, 2.05) is 30.9 Å². The van der Waals surface area contributed by atoms with Gasteiger partial charge in [0.2, 0.25) is 15.9 Å². The highest BCUT2D eigenvalue weighted by Crippen LogP contribution is 2.14. The molecule has 0 atom stereocenters. The lowest BCUT2D eigenvalue weighted by Gasteiger charge is -2.33. The highest BCUT2D eigenvalue weighted by molar-refractivity contribution is 7.88. The standard InChI is InChI=1S/C19H29N3O4S/c1-14(2)19(24)22-12-9-17(10-13-22)21-18(23)16-6-4-15(5-7-16)8-11-20-27(3,25)26/h4-7,14,17,20H,8-13H2,1-3H3,(H,21,23). The predicted molar refractivity (Wildman–Crippen MR) is 105 cm³/mol. The summed E-state index contributed by atoms with van der Waals surface area (Å²) in [7, 11) is -3.19. The Labute approximate surface area is 161 Å². The lowest BCUT2D eigenvalue weighted by atomic mass is 10.0. The third kappa shape index (κ3) is 6.95. The fraction of sp³-hybridized carbons (Fsp3) is 0.579. The summed E-state index contributed by atoms with van der Waals surface area (Å²) in [4.78, 5) is 26.3. The predicted octanol–water partition coefficient (Wildman–Crippen LogP) is 1.16. The normalized spacial score (nSPS) is 15.8. The smallest absolute Gasteiger partial charge is 0.251 e. The largest absolute Gasteiger partial charge is 0.349 e. The van der Waals surface area contributed by atoms with Crippen LogP contribution in [0.25, 0.3) is 0 Å². The van der Waals surface area contributed by atoms with Crippen molar-refractivity contribution >= 4 is 21.8 Å². The number of nitrogens with one attached hydrogen (secondary N) is 2. The second kappa shape index (κ2) is 9.32. The van der Waals surface area contributed by atoms with Crippen LogP contribution < -0.4 is 10.0 Å². The van der Waals surface area contributed by atoms with Crippen LogP contribution in [-0.2, 0) is 21.2 Å². The Bertz CT molecular complexity index is 752. The molecule has 1 aromatic rings. The molecular formula is C19H29N3O4S. The lowest BCUT2D eigenvalue weighted by molar-refractivity contribution is -0.135. The minimum absolute atomic E-state index is 0.00212. The molecule has 1 fully saturated rings. The fourth-order valence-corrected chi connectivity index (χ4v) is 3.55. The van der Waals surface area contributed by atoms with Gasteiger partial charge < -0.3 is 10.2 Å². The van der Waals surface area contributed by atoms with Crippen molar-refractivity contribution in [2.75, 3.05) is 25.9 Å². The number of sulfonamides is 1. The number of hydrogen-bond acceptors (Lipinski definition) is 4. The van der Waals surface area contributed by atoms with Gasteiger partial charge in [-0.25, -0.2) is 13.1 Å². The van der Waals surface area contributed by atoms with Crippen LogP contribution in [0.4, 0.5) is 0 Å². The Morgan fingerprint density at radius 1 is 1.15 bits per heavy atom. The van der Waals surface area contributed by atoms with E-state index in [0.29, 0.717) is 31.6 Å². The van der Waals surface area contributed by atoms with Gasteiger partial charge in [-0.2, -0.15) is 0 Å². The number of nitrogens with zero attached hydrogens (tertiary/aromatic N) is 1. The first-order valence-corrected chi connectivity index (χ1v) is 11.2. The topological polar surface area (TPSA) is 95.6 Å². The zero-order valence-electron chi connectivity index (χ0n) is 16.2. The second-order valence-corrected chi connectivity index (χ2v) is 9.17. The molecule has 0 saturated carbocycles. The Morgan fingerprint density at radius 2 is 1.74 bits per heavy atom. The van der Waals surface area contributed by atoms with Crippen LogP contribution in [0.3, 0.4) is 0 Å². The van der Waals surface area contributed by atoms with Crippen molar-refractivity contribution in [1.29, 1.82) is 0 Å². The van der Waals surface area contributed by atoms with Crippen LogP contribution in [0.2, 0.25) is 0 Å². The number of benzene rings is 1. The van der Waals surface area contributed by atoms with E-state index in [9.17, 15) is 18.0 Å². The number of likely N-dealkylation sites (tertiary alicyclic amines) is 1. The van der Waals surface area contributed by atoms with Gasteiger partial charge in [0.05, 0.1) is 6.26 Å². The minimum Gasteiger partial charge on any atom is -0.349 e. The van der Waals surface area contributed by atoms with Crippen molar-refractivity contribution in [3.63, 3.8) is 0 Å². The highest BCUT2D eigenvalue weighted by atomic mass is 32.2. The number of amides is 2. The maximum atomic E-state index is 12.4. The molecule has 0 aliphatic carbocycles. The van der Waals surface area contributed by atoms with Crippen molar-refractivity contribution in [3.8, 4) is 0 Å². The van der Waals surface area contributed by atoms with E-state index in [1.54, 1.807) is 12.1 Å². The van der Waals surface area contributed by atoms with Crippen LogP contribution in [0.15, 0.2) is 24.3 Å². The van der Waals surface area contributed by atoms with Gasteiger partial charge >= 0.3 is 0 Å². The second-order valence-electron chi connectivity index (χ2n) is 7.34. The SMILES string of the molecule is CC(C)C(=O)N1CCC(NC(=O)c2ccc(CCNS(C)(=O)=O)cc2)CC1. The molecule has 1 saturated heterocycles. The van der Waals surface area contributed by atoms with Gasteiger partial charge in [-0.1, -0.05) is 26.0 Å². The Balaban J connectivity index is 1.80. The van der Waals surface area contributed by atoms with Gasteiger partial charge in [-0.3, -0.25) is 9.59 Å². The maximum absolute atomic E-state index is 12.4. The van der Waals surface area contributed by atoms with Crippen LogP contribution in [0.1, 0.15) is 42.6 Å². The minimum atomic E-state index is -3.19. The van der Waals surface area contributed by atoms with Gasteiger partial charge in [0.25, 0.3) is 5.91 Å². The van der Waals surface area contributed by atoms with Crippen molar-refractivity contribution in [3.05, 3.63) is 35.4 Å². The maximum Gasteiger partial charge on any atom is 0.251 e. The summed E-state index contributed by atoms with van der Waals surface area (Å²) in [5.74, 6) is 0.0486. The highest BCUT2D eigenvalue weighted by Gasteiger charge is 2.25. The third-order valence-corrected chi connectivity index (χ3v) is 5.36. The number of piperidine rings is 1. The first-order chi connectivity index (χ1) is 12.7. The molecule has 2 amide bonds. The third-order valence-electron chi connectivity index (χ3n) is 4.63. The summed E-state index contributed by atoms with van der Waals surface area (Å²) in [5.41, 5.74) is 1.54. The van der Waals surface area contributed by atoms with Crippen LogP contribution in [0, 0.1) is 5.92 Å². The summed E-state index contributed by atoms with van der Waals surface area (Å²) in [5, 5.41) is 3.04. The number of rotatable bonds is 7. The molecule has 1 aliphatic rings. The van der Waals surface area contributed by atoms with Crippen LogP contribution in [-0.4, -0.2) is 57.1 Å². The Morgan fingerprint density at radius 3 is 2.26 bits per heavy atom. The van der Waals surface area contributed by atoms with Crippen LogP contribution >= 0.6 is 0 Å². The zero-order valence-corrected chi connectivity index (χ0v) is 17.0. The summed E-state index contributed by atoms with van der Waals surface area (Å²) in [6, 6.07) is 7.25. The molecule has 0 unspecified atom stereocenters. The molecule has 0 bridgehead atoms. The van der Waals surface area contributed by atoms with E-state index in [-0.39, 0.29) is 23.8 Å². The molecule has 7 nitrogen and oxygen atoms in total. The molecule has 0 spiro atoms. The van der Waals surface area contributed by atoms with Gasteiger partial charge in [-0.15, -0.1) is 0 Å². The zero-order chi connectivity index (χ0) is 20.0. The summed E-state index contributed by atoms with van der Waals surface area (Å²) < 4.78 is 24.6. The fourth-order valence-electron chi connectivity index (χ4n) is 3.08. The lowest BCUT2D eigenvalue weighted by Crippen LogP contribution is -2.47. The molecule has 1 heterocycles. The van der Waals surface area contributed by atoms with E-state index in [2.05, 4.69) is 10.0 Å². The molecule has 150 valence electrons. The van der Waals surface area contributed by atoms with Crippen molar-refractivity contribution < 1.29 is 18.0 Å². The molecule has 2 N–H and O–H groups in total. The monoisotopic (exact) mass is 395 g/mol. The number of hydrogen-bond donors (Lipinski definition) is 2. The number of carbonyl (C=O) groups excluding carboxylic acids is 2. The van der Waals surface area contributed by atoms with E-state index in [4.69, 9.17) is 0 Å². The molecule has 1 aliphatic heterocycles. The average Bonchev–Trinajstić information content (AvgIpc) is 2.61.